The molecule has 8 heavy (non-hydrogen) atoms. The number of fused-ring (bicyclic) bond motifs is 1. The van der Waals surface area contributed by atoms with Crippen LogP contribution in [0.5, 0.6) is 0 Å². The van der Waals surface area contributed by atoms with Crippen molar-refractivity contribution in [2.45, 2.75) is 12.5 Å². The van der Waals surface area contributed by atoms with E-state index in [4.69, 9.17) is 4.74 Å². The first-order chi connectivity index (χ1) is 3.97. The fourth-order valence-electron chi connectivity index (χ4n) is 1.56. The van der Waals surface area contributed by atoms with Crippen LogP contribution in [0.1, 0.15) is 6.42 Å². The molecular weight excluding hydrogens is 102 g/mol. The molecule has 0 saturated carbocycles. The predicted molar refractivity (Wildman–Crippen MR) is 30.7 cm³/mol. The average molecular weight is 113 g/mol. The first kappa shape index (κ1) is 4.77. The number of rotatable bonds is 0. The fraction of sp³-hybridized carbons (Fsp3) is 1.00. The molecule has 2 rings (SSSR count). The minimum atomic E-state index is 0.704. The largest absolute Gasteiger partial charge is 0.379 e. The van der Waals surface area contributed by atoms with E-state index in [0.717, 1.165) is 19.1 Å². The lowest BCUT2D eigenvalue weighted by atomic mass is 10.1. The van der Waals surface area contributed by atoms with E-state index in [-0.39, 0.29) is 0 Å². The molecule has 2 heteroatoms. The normalized spacial score (nSPS) is 45.0. The van der Waals surface area contributed by atoms with Crippen molar-refractivity contribution in [2.24, 2.45) is 5.92 Å². The fourth-order valence-corrected chi connectivity index (χ4v) is 1.56. The second-order valence-electron chi connectivity index (χ2n) is 2.65. The van der Waals surface area contributed by atoms with Gasteiger partial charge in [-0.1, -0.05) is 0 Å². The third-order valence-electron chi connectivity index (χ3n) is 2.12. The van der Waals surface area contributed by atoms with Gasteiger partial charge in [0.25, 0.3) is 0 Å². The van der Waals surface area contributed by atoms with Gasteiger partial charge in [0.2, 0.25) is 0 Å². The molecule has 46 valence electrons. The summed E-state index contributed by atoms with van der Waals surface area (Å²) in [6.07, 6.45) is 1.32. The van der Waals surface area contributed by atoms with E-state index >= 15 is 0 Å². The second-order valence-corrected chi connectivity index (χ2v) is 2.65. The van der Waals surface area contributed by atoms with Crippen LogP contribution in [-0.2, 0) is 4.74 Å². The summed E-state index contributed by atoms with van der Waals surface area (Å²) in [5, 5.41) is 3.39. The highest BCUT2D eigenvalue weighted by atomic mass is 16.5. The summed E-state index contributed by atoms with van der Waals surface area (Å²) >= 11 is 0. The van der Waals surface area contributed by atoms with Gasteiger partial charge in [-0.2, -0.15) is 0 Å². The molecule has 0 amide bonds. The summed E-state index contributed by atoms with van der Waals surface area (Å²) in [4.78, 5) is 0. The van der Waals surface area contributed by atoms with Crippen LogP contribution in [-0.4, -0.2) is 25.8 Å². The molecule has 2 atom stereocenters. The SMILES string of the molecule is C1C[C@@H]2COCC2N1. The molecule has 2 fully saturated rings. The maximum Gasteiger partial charge on any atom is 0.0623 e. The summed E-state index contributed by atoms with van der Waals surface area (Å²) in [5.74, 6) is 0.843. The lowest BCUT2D eigenvalue weighted by Gasteiger charge is -2.02. The Balaban J connectivity index is 2.04. The Morgan fingerprint density at radius 1 is 1.38 bits per heavy atom. The van der Waals surface area contributed by atoms with Crippen molar-refractivity contribution in [3.63, 3.8) is 0 Å². The highest BCUT2D eigenvalue weighted by Gasteiger charge is 2.31. The third kappa shape index (κ3) is 0.565. The van der Waals surface area contributed by atoms with Crippen molar-refractivity contribution in [1.82, 2.24) is 5.32 Å². The average Bonchev–Trinajstić information content (AvgIpc) is 2.15. The first-order valence-corrected chi connectivity index (χ1v) is 3.28. The third-order valence-corrected chi connectivity index (χ3v) is 2.12. The Labute approximate surface area is 49.2 Å². The molecule has 0 aliphatic carbocycles. The molecule has 2 nitrogen and oxygen atoms in total. The molecule has 2 saturated heterocycles. The second kappa shape index (κ2) is 1.71. The Bertz CT molecular complexity index is 74.5. The molecule has 0 spiro atoms. The van der Waals surface area contributed by atoms with E-state index in [1.165, 1.54) is 13.0 Å². The van der Waals surface area contributed by atoms with Gasteiger partial charge >= 0.3 is 0 Å². The van der Waals surface area contributed by atoms with E-state index in [2.05, 4.69) is 5.32 Å². The minimum Gasteiger partial charge on any atom is -0.379 e. The highest BCUT2D eigenvalue weighted by Crippen LogP contribution is 2.21. The van der Waals surface area contributed by atoms with Crippen molar-refractivity contribution in [3.8, 4) is 0 Å². The van der Waals surface area contributed by atoms with E-state index in [1.807, 2.05) is 0 Å². The Morgan fingerprint density at radius 3 is 3.25 bits per heavy atom. The number of hydrogen-bond acceptors (Lipinski definition) is 2. The zero-order valence-electron chi connectivity index (χ0n) is 4.89. The summed E-state index contributed by atoms with van der Waals surface area (Å²) in [6.45, 7) is 3.15. The van der Waals surface area contributed by atoms with Crippen LogP contribution in [0.4, 0.5) is 0 Å². The Morgan fingerprint density at radius 2 is 2.38 bits per heavy atom. The first-order valence-electron chi connectivity index (χ1n) is 3.28. The molecule has 2 aliphatic rings. The van der Waals surface area contributed by atoms with E-state index in [0.29, 0.717) is 6.04 Å². The maximum absolute atomic E-state index is 5.25. The summed E-state index contributed by atoms with van der Waals surface area (Å²) in [5.41, 5.74) is 0. The molecule has 0 aromatic carbocycles. The van der Waals surface area contributed by atoms with Gasteiger partial charge in [0.05, 0.1) is 13.2 Å². The molecule has 0 radical (unpaired) electrons. The monoisotopic (exact) mass is 113 g/mol. The Hall–Kier alpha value is -0.0800. The van der Waals surface area contributed by atoms with Crippen LogP contribution < -0.4 is 5.32 Å². The predicted octanol–water partition coefficient (Wildman–Crippen LogP) is -0.00530. The molecule has 0 aromatic rings. The topological polar surface area (TPSA) is 21.3 Å². The van der Waals surface area contributed by atoms with Gasteiger partial charge in [-0.15, -0.1) is 0 Å². The van der Waals surface area contributed by atoms with Crippen molar-refractivity contribution in [2.75, 3.05) is 19.8 Å². The lowest BCUT2D eigenvalue weighted by molar-refractivity contribution is 0.177. The van der Waals surface area contributed by atoms with Crippen molar-refractivity contribution in [3.05, 3.63) is 0 Å². The Kier molecular flexibility index (Phi) is 1.02. The van der Waals surface area contributed by atoms with Crippen LogP contribution in [0.3, 0.4) is 0 Å². The molecule has 0 aromatic heterocycles. The minimum absolute atomic E-state index is 0.704. The standard InChI is InChI=1S/C6H11NO/c1-2-7-6-4-8-3-5(1)6/h5-7H,1-4H2/t5-,6?/m1/s1. The van der Waals surface area contributed by atoms with Gasteiger partial charge in [-0.25, -0.2) is 0 Å². The molecule has 0 bridgehead atoms. The van der Waals surface area contributed by atoms with Crippen LogP contribution in [0, 0.1) is 5.92 Å². The molecule has 1 N–H and O–H groups in total. The number of nitrogens with one attached hydrogen (secondary N) is 1. The van der Waals surface area contributed by atoms with Crippen molar-refractivity contribution in [1.29, 1.82) is 0 Å². The molecular formula is C6H11NO. The van der Waals surface area contributed by atoms with Crippen LogP contribution in [0.25, 0.3) is 0 Å². The lowest BCUT2D eigenvalue weighted by Crippen LogP contribution is -2.25. The van der Waals surface area contributed by atoms with Gasteiger partial charge in [0, 0.05) is 12.0 Å². The van der Waals surface area contributed by atoms with E-state index in [1.54, 1.807) is 0 Å². The van der Waals surface area contributed by atoms with Crippen molar-refractivity contribution < 1.29 is 4.74 Å². The zero-order valence-corrected chi connectivity index (χ0v) is 4.89. The zero-order chi connectivity index (χ0) is 5.40. The summed E-state index contributed by atoms with van der Waals surface area (Å²) < 4.78 is 5.25. The molecule has 2 aliphatic heterocycles. The smallest absolute Gasteiger partial charge is 0.0623 e. The van der Waals surface area contributed by atoms with E-state index < -0.39 is 0 Å². The molecule has 2 heterocycles. The van der Waals surface area contributed by atoms with Crippen LogP contribution in [0.2, 0.25) is 0 Å². The van der Waals surface area contributed by atoms with Crippen LogP contribution in [0.15, 0.2) is 0 Å². The van der Waals surface area contributed by atoms with Crippen LogP contribution >= 0.6 is 0 Å². The summed E-state index contributed by atoms with van der Waals surface area (Å²) in [6, 6.07) is 0.704. The van der Waals surface area contributed by atoms with Gasteiger partial charge in [-0.05, 0) is 13.0 Å². The molecule has 1 unspecified atom stereocenters. The van der Waals surface area contributed by atoms with Gasteiger partial charge in [0.1, 0.15) is 0 Å². The number of ether oxygens (including phenoxy) is 1. The van der Waals surface area contributed by atoms with Gasteiger partial charge in [0.15, 0.2) is 0 Å². The highest BCUT2D eigenvalue weighted by molar-refractivity contribution is 4.86. The van der Waals surface area contributed by atoms with Crippen molar-refractivity contribution >= 4 is 0 Å². The quantitative estimate of drug-likeness (QED) is 0.477. The maximum atomic E-state index is 5.25. The van der Waals surface area contributed by atoms with E-state index in [9.17, 15) is 0 Å². The number of hydrogen-bond donors (Lipinski definition) is 1. The van der Waals surface area contributed by atoms with Gasteiger partial charge < -0.3 is 10.1 Å². The van der Waals surface area contributed by atoms with Gasteiger partial charge in [-0.3, -0.25) is 0 Å². The summed E-state index contributed by atoms with van der Waals surface area (Å²) in [7, 11) is 0.